The molecule has 0 aliphatic carbocycles. The lowest BCUT2D eigenvalue weighted by molar-refractivity contribution is -0.0484. The monoisotopic (exact) mass is 357 g/mol. The first-order valence-corrected chi connectivity index (χ1v) is 8.18. The first kappa shape index (κ1) is 17.1. The van der Waals surface area contributed by atoms with Gasteiger partial charge in [0.05, 0.1) is 6.61 Å². The van der Waals surface area contributed by atoms with Gasteiger partial charge in [0, 0.05) is 5.56 Å². The van der Waals surface area contributed by atoms with E-state index in [9.17, 15) is 15.3 Å². The van der Waals surface area contributed by atoms with Gasteiger partial charge in [0.1, 0.15) is 36.0 Å². The first-order valence-electron chi connectivity index (χ1n) is 8.18. The van der Waals surface area contributed by atoms with E-state index in [0.717, 1.165) is 0 Å². The molecular formula is C17H19N5O4. The van der Waals surface area contributed by atoms with Crippen molar-refractivity contribution in [2.45, 2.75) is 36.5 Å². The lowest BCUT2D eigenvalue weighted by atomic mass is 9.90. The predicted molar refractivity (Wildman–Crippen MR) is 95.5 cm³/mol. The molecule has 0 aromatic heterocycles. The second-order valence-electron chi connectivity index (χ2n) is 6.67. The Hall–Kier alpha value is -2.30. The largest absolute Gasteiger partial charge is 0.394 e. The van der Waals surface area contributed by atoms with Crippen molar-refractivity contribution in [2.24, 2.45) is 25.7 Å². The van der Waals surface area contributed by atoms with Crippen LogP contribution in [0.3, 0.4) is 0 Å². The lowest BCUT2D eigenvalue weighted by Crippen LogP contribution is -2.53. The van der Waals surface area contributed by atoms with Crippen molar-refractivity contribution in [3.05, 3.63) is 35.9 Å². The lowest BCUT2D eigenvalue weighted by Gasteiger charge is -2.33. The molecule has 1 aromatic carbocycles. The number of aliphatic hydroxyl groups is 3. The molecule has 1 saturated heterocycles. The quantitative estimate of drug-likeness (QED) is 0.546. The third-order valence-corrected chi connectivity index (χ3v) is 4.87. The number of hydrogen-bond acceptors (Lipinski definition) is 9. The Bertz CT molecular complexity index is 848. The van der Waals surface area contributed by atoms with Crippen LogP contribution in [0.25, 0.3) is 0 Å². The molecule has 0 radical (unpaired) electrons. The fraction of sp³-hybridized carbons (Fsp3) is 0.412. The smallest absolute Gasteiger partial charge is 0.182 e. The highest BCUT2D eigenvalue weighted by molar-refractivity contribution is 6.51. The third kappa shape index (κ3) is 2.37. The van der Waals surface area contributed by atoms with Gasteiger partial charge in [-0.2, -0.15) is 0 Å². The number of nitrogens with two attached hydrogens (primary N) is 1. The number of nitrogens with zero attached hydrogens (tertiary/aromatic N) is 4. The first-order chi connectivity index (χ1) is 12.4. The molecule has 1 fully saturated rings. The zero-order valence-corrected chi connectivity index (χ0v) is 14.0. The summed E-state index contributed by atoms with van der Waals surface area (Å²) in [7, 11) is 0. The minimum atomic E-state index is -1.70. The van der Waals surface area contributed by atoms with Crippen molar-refractivity contribution < 1.29 is 20.1 Å². The van der Waals surface area contributed by atoms with E-state index in [1.807, 2.05) is 30.3 Å². The third-order valence-electron chi connectivity index (χ3n) is 4.87. The number of benzene rings is 1. The van der Waals surface area contributed by atoms with E-state index in [-0.39, 0.29) is 11.7 Å². The Morgan fingerprint density at radius 3 is 2.65 bits per heavy atom. The van der Waals surface area contributed by atoms with E-state index >= 15 is 0 Å². The summed E-state index contributed by atoms with van der Waals surface area (Å²) in [5.41, 5.74) is 4.59. The molecule has 0 saturated carbocycles. The van der Waals surface area contributed by atoms with Crippen LogP contribution in [0.5, 0.6) is 0 Å². The van der Waals surface area contributed by atoms with Gasteiger partial charge in [-0.3, -0.25) is 5.73 Å². The molecule has 0 bridgehead atoms. The Labute approximate surface area is 149 Å². The molecule has 1 aromatic rings. The Balaban J connectivity index is 1.82. The van der Waals surface area contributed by atoms with Crippen LogP contribution in [0.1, 0.15) is 12.5 Å². The van der Waals surface area contributed by atoms with E-state index in [1.165, 1.54) is 13.3 Å². The van der Waals surface area contributed by atoms with Gasteiger partial charge in [0.25, 0.3) is 0 Å². The van der Waals surface area contributed by atoms with Crippen molar-refractivity contribution in [2.75, 3.05) is 6.61 Å². The standard InChI is InChI=1S/C17H19N5O4/c1-16(25)12(24)10(7-23)26-13(16)15-21-14-11(19-8-20-14)17(18,22-15)9-5-3-2-4-6-9/h2-6,8,10,12-13,23-25H,7,18H2,1H3/t10-,12-,13?,16-,17?/m1/s1. The van der Waals surface area contributed by atoms with Gasteiger partial charge in [0.2, 0.25) is 0 Å². The average molecular weight is 357 g/mol. The minimum Gasteiger partial charge on any atom is -0.394 e. The number of aliphatic hydroxyl groups excluding tert-OH is 2. The van der Waals surface area contributed by atoms with Gasteiger partial charge in [0.15, 0.2) is 17.3 Å². The van der Waals surface area contributed by atoms with Gasteiger partial charge in [-0.1, -0.05) is 30.3 Å². The van der Waals surface area contributed by atoms with Crippen LogP contribution >= 0.6 is 0 Å². The van der Waals surface area contributed by atoms with Gasteiger partial charge >= 0.3 is 0 Å². The van der Waals surface area contributed by atoms with Gasteiger partial charge in [-0.25, -0.2) is 20.0 Å². The second-order valence-corrected chi connectivity index (χ2v) is 6.67. The average Bonchev–Trinajstić information content (AvgIpc) is 3.20. The number of rotatable bonds is 3. The highest BCUT2D eigenvalue weighted by Gasteiger charge is 2.55. The highest BCUT2D eigenvalue weighted by atomic mass is 16.6. The number of fused-ring (bicyclic) bond motifs is 1. The van der Waals surface area contributed by atoms with Gasteiger partial charge in [-0.05, 0) is 6.92 Å². The summed E-state index contributed by atoms with van der Waals surface area (Å²) in [5, 5.41) is 30.3. The molecule has 4 rings (SSSR count). The van der Waals surface area contributed by atoms with Crippen LogP contribution in [0.2, 0.25) is 0 Å². The fourth-order valence-corrected chi connectivity index (χ4v) is 3.37. The SMILES string of the molecule is C[C@]1(O)C(C2=NC(N)(c3ccccc3)C3=NC=NC3=N2)O[C@H](CO)[C@H]1O. The molecule has 3 heterocycles. The molecular weight excluding hydrogens is 338 g/mol. The number of ether oxygens (including phenoxy) is 1. The summed E-state index contributed by atoms with van der Waals surface area (Å²) < 4.78 is 5.62. The molecule has 136 valence electrons. The van der Waals surface area contributed by atoms with Crippen LogP contribution in [-0.4, -0.2) is 69.6 Å². The van der Waals surface area contributed by atoms with Crippen molar-refractivity contribution in [1.29, 1.82) is 0 Å². The molecule has 0 amide bonds. The van der Waals surface area contributed by atoms with Crippen LogP contribution in [-0.2, 0) is 10.4 Å². The van der Waals surface area contributed by atoms with Crippen molar-refractivity contribution in [1.82, 2.24) is 0 Å². The summed E-state index contributed by atoms with van der Waals surface area (Å²) in [6.07, 6.45) is -1.99. The molecule has 5 N–H and O–H groups in total. The van der Waals surface area contributed by atoms with Crippen LogP contribution < -0.4 is 5.73 Å². The second kappa shape index (κ2) is 5.86. The van der Waals surface area contributed by atoms with Crippen LogP contribution in [0, 0.1) is 0 Å². The molecule has 2 unspecified atom stereocenters. The Kier molecular flexibility index (Phi) is 3.86. The van der Waals surface area contributed by atoms with E-state index in [0.29, 0.717) is 11.3 Å². The summed E-state index contributed by atoms with van der Waals surface area (Å²) in [6.45, 7) is 0.956. The fourth-order valence-electron chi connectivity index (χ4n) is 3.37. The molecule has 9 heteroatoms. The summed E-state index contributed by atoms with van der Waals surface area (Å²) in [6, 6.07) is 9.13. The maximum Gasteiger partial charge on any atom is 0.182 e. The number of amidine groups is 2. The highest BCUT2D eigenvalue weighted by Crippen LogP contribution is 2.35. The van der Waals surface area contributed by atoms with E-state index in [4.69, 9.17) is 10.5 Å². The topological polar surface area (TPSA) is 145 Å². The summed E-state index contributed by atoms with van der Waals surface area (Å²) in [5.74, 6) is 0.368. The van der Waals surface area contributed by atoms with Crippen LogP contribution in [0.15, 0.2) is 50.3 Å². The maximum absolute atomic E-state index is 10.7. The molecule has 5 atom stereocenters. The zero-order valence-electron chi connectivity index (χ0n) is 14.0. The zero-order chi connectivity index (χ0) is 18.5. The number of hydrogen-bond donors (Lipinski definition) is 4. The summed E-state index contributed by atoms with van der Waals surface area (Å²) >= 11 is 0. The van der Waals surface area contributed by atoms with Crippen molar-refractivity contribution in [3.8, 4) is 0 Å². The van der Waals surface area contributed by atoms with E-state index in [1.54, 1.807) is 0 Å². The molecule has 9 nitrogen and oxygen atoms in total. The predicted octanol–water partition coefficient (Wildman–Crippen LogP) is -1.04. The van der Waals surface area contributed by atoms with Crippen molar-refractivity contribution in [3.63, 3.8) is 0 Å². The van der Waals surface area contributed by atoms with Crippen LogP contribution in [0.4, 0.5) is 0 Å². The molecule has 3 aliphatic heterocycles. The molecule has 0 spiro atoms. The Morgan fingerprint density at radius 1 is 1.27 bits per heavy atom. The maximum atomic E-state index is 10.7. The van der Waals surface area contributed by atoms with Gasteiger partial charge < -0.3 is 20.1 Å². The molecule has 26 heavy (non-hydrogen) atoms. The normalized spacial score (nSPS) is 38.7. The Morgan fingerprint density at radius 2 is 2.00 bits per heavy atom. The van der Waals surface area contributed by atoms with Gasteiger partial charge in [-0.15, -0.1) is 0 Å². The molecule has 3 aliphatic rings. The minimum absolute atomic E-state index is 0.0874. The summed E-state index contributed by atoms with van der Waals surface area (Å²) in [4.78, 5) is 17.2. The van der Waals surface area contributed by atoms with Crippen molar-refractivity contribution >= 4 is 23.7 Å². The number of aliphatic imine (C=N–C) groups is 4. The van der Waals surface area contributed by atoms with E-state index in [2.05, 4.69) is 20.0 Å². The van der Waals surface area contributed by atoms with E-state index < -0.39 is 36.2 Å².